The second-order valence-corrected chi connectivity index (χ2v) is 3.01. The Kier molecular flexibility index (Phi) is 2.02. The SMILES string of the molecule is CCn1cnc2ccc(CO)cc21. The number of aromatic nitrogens is 2. The van der Waals surface area contributed by atoms with Crippen molar-refractivity contribution in [2.75, 3.05) is 0 Å². The maximum Gasteiger partial charge on any atom is 0.0958 e. The summed E-state index contributed by atoms with van der Waals surface area (Å²) < 4.78 is 2.06. The van der Waals surface area contributed by atoms with Crippen LogP contribution in [0.15, 0.2) is 24.5 Å². The van der Waals surface area contributed by atoms with E-state index in [4.69, 9.17) is 5.11 Å². The van der Waals surface area contributed by atoms with Crippen LogP contribution in [0.1, 0.15) is 12.5 Å². The van der Waals surface area contributed by atoms with Gasteiger partial charge in [0, 0.05) is 6.54 Å². The lowest BCUT2D eigenvalue weighted by Gasteiger charge is -2.00. The number of hydrogen-bond donors (Lipinski definition) is 1. The van der Waals surface area contributed by atoms with Gasteiger partial charge in [0.15, 0.2) is 0 Å². The van der Waals surface area contributed by atoms with Crippen molar-refractivity contribution < 1.29 is 5.11 Å². The highest BCUT2D eigenvalue weighted by Crippen LogP contribution is 2.14. The normalized spacial score (nSPS) is 10.9. The predicted molar refractivity (Wildman–Crippen MR) is 51.3 cm³/mol. The first-order chi connectivity index (χ1) is 6.35. The maximum atomic E-state index is 8.97. The first-order valence-corrected chi connectivity index (χ1v) is 4.39. The molecular weight excluding hydrogens is 164 g/mol. The first-order valence-electron chi connectivity index (χ1n) is 4.39. The van der Waals surface area contributed by atoms with Crippen LogP contribution in [-0.2, 0) is 13.2 Å². The third-order valence-corrected chi connectivity index (χ3v) is 2.21. The van der Waals surface area contributed by atoms with E-state index < -0.39 is 0 Å². The quantitative estimate of drug-likeness (QED) is 0.753. The fourth-order valence-electron chi connectivity index (χ4n) is 1.45. The Morgan fingerprint density at radius 3 is 3.00 bits per heavy atom. The second-order valence-electron chi connectivity index (χ2n) is 3.01. The molecule has 3 nitrogen and oxygen atoms in total. The van der Waals surface area contributed by atoms with Crippen LogP contribution in [0.25, 0.3) is 11.0 Å². The molecule has 0 aliphatic heterocycles. The monoisotopic (exact) mass is 176 g/mol. The molecule has 0 amide bonds. The highest BCUT2D eigenvalue weighted by molar-refractivity contribution is 5.76. The Hall–Kier alpha value is -1.35. The summed E-state index contributed by atoms with van der Waals surface area (Å²) in [5.41, 5.74) is 3.01. The maximum absolute atomic E-state index is 8.97. The van der Waals surface area contributed by atoms with Crippen molar-refractivity contribution in [2.45, 2.75) is 20.1 Å². The van der Waals surface area contributed by atoms with E-state index in [2.05, 4.69) is 16.5 Å². The van der Waals surface area contributed by atoms with Crippen LogP contribution in [0.5, 0.6) is 0 Å². The number of aryl methyl sites for hydroxylation is 1. The van der Waals surface area contributed by atoms with Gasteiger partial charge < -0.3 is 9.67 Å². The first kappa shape index (κ1) is 8.26. The van der Waals surface area contributed by atoms with E-state index in [0.717, 1.165) is 23.1 Å². The molecular formula is C10H12N2O. The van der Waals surface area contributed by atoms with Gasteiger partial charge in [-0.3, -0.25) is 0 Å². The molecule has 0 unspecified atom stereocenters. The topological polar surface area (TPSA) is 38.0 Å². The van der Waals surface area contributed by atoms with Crippen molar-refractivity contribution in [3.8, 4) is 0 Å². The molecule has 0 saturated carbocycles. The van der Waals surface area contributed by atoms with Crippen molar-refractivity contribution in [2.24, 2.45) is 0 Å². The van der Waals surface area contributed by atoms with Crippen molar-refractivity contribution in [1.29, 1.82) is 0 Å². The van der Waals surface area contributed by atoms with Gasteiger partial charge in [0.2, 0.25) is 0 Å². The van der Waals surface area contributed by atoms with Crippen LogP contribution in [0.2, 0.25) is 0 Å². The molecule has 3 heteroatoms. The van der Waals surface area contributed by atoms with E-state index >= 15 is 0 Å². The van der Waals surface area contributed by atoms with Crippen LogP contribution in [-0.4, -0.2) is 14.7 Å². The van der Waals surface area contributed by atoms with Crippen LogP contribution in [0, 0.1) is 0 Å². The zero-order valence-corrected chi connectivity index (χ0v) is 7.57. The van der Waals surface area contributed by atoms with E-state index in [1.807, 2.05) is 24.5 Å². The van der Waals surface area contributed by atoms with Gasteiger partial charge in [0.1, 0.15) is 0 Å². The lowest BCUT2D eigenvalue weighted by molar-refractivity contribution is 0.282. The van der Waals surface area contributed by atoms with Crippen LogP contribution < -0.4 is 0 Å². The van der Waals surface area contributed by atoms with Crippen LogP contribution in [0.4, 0.5) is 0 Å². The van der Waals surface area contributed by atoms with Gasteiger partial charge in [-0.15, -0.1) is 0 Å². The number of fused-ring (bicyclic) bond motifs is 1. The smallest absolute Gasteiger partial charge is 0.0958 e. The molecule has 0 saturated heterocycles. The van der Waals surface area contributed by atoms with Crippen LogP contribution >= 0.6 is 0 Å². The number of imidazole rings is 1. The molecule has 0 aliphatic rings. The Labute approximate surface area is 76.6 Å². The Morgan fingerprint density at radius 1 is 1.46 bits per heavy atom. The van der Waals surface area contributed by atoms with Crippen molar-refractivity contribution in [3.05, 3.63) is 30.1 Å². The molecule has 13 heavy (non-hydrogen) atoms. The lowest BCUT2D eigenvalue weighted by Crippen LogP contribution is -1.91. The minimum atomic E-state index is 0.0881. The molecule has 0 aliphatic carbocycles. The number of nitrogens with zero attached hydrogens (tertiary/aromatic N) is 2. The van der Waals surface area contributed by atoms with Gasteiger partial charge in [-0.05, 0) is 24.6 Å². The van der Waals surface area contributed by atoms with Gasteiger partial charge >= 0.3 is 0 Å². The summed E-state index contributed by atoms with van der Waals surface area (Å²) in [6, 6.07) is 5.81. The zero-order valence-electron chi connectivity index (χ0n) is 7.57. The minimum absolute atomic E-state index is 0.0881. The predicted octanol–water partition coefficient (Wildman–Crippen LogP) is 1.55. The number of hydrogen-bond acceptors (Lipinski definition) is 2. The molecule has 2 aromatic rings. The molecule has 68 valence electrons. The summed E-state index contributed by atoms with van der Waals surface area (Å²) in [5.74, 6) is 0. The molecule has 0 bridgehead atoms. The summed E-state index contributed by atoms with van der Waals surface area (Å²) in [6.07, 6.45) is 1.83. The minimum Gasteiger partial charge on any atom is -0.392 e. The molecule has 2 rings (SSSR count). The summed E-state index contributed by atoms with van der Waals surface area (Å²) in [6.45, 7) is 3.07. The largest absolute Gasteiger partial charge is 0.392 e. The third kappa shape index (κ3) is 1.31. The second kappa shape index (κ2) is 3.18. The number of aliphatic hydroxyl groups is 1. The van der Waals surface area contributed by atoms with E-state index in [1.54, 1.807) is 0 Å². The molecule has 0 fully saturated rings. The van der Waals surface area contributed by atoms with Crippen molar-refractivity contribution in [1.82, 2.24) is 9.55 Å². The Balaban J connectivity index is 2.64. The summed E-state index contributed by atoms with van der Waals surface area (Å²) in [7, 11) is 0. The van der Waals surface area contributed by atoms with Gasteiger partial charge in [0.05, 0.1) is 24.0 Å². The van der Waals surface area contributed by atoms with Crippen molar-refractivity contribution in [3.63, 3.8) is 0 Å². The third-order valence-electron chi connectivity index (χ3n) is 2.21. The molecule has 0 atom stereocenters. The lowest BCUT2D eigenvalue weighted by atomic mass is 10.2. The molecule has 0 radical (unpaired) electrons. The average Bonchev–Trinajstić information content (AvgIpc) is 2.59. The highest BCUT2D eigenvalue weighted by Gasteiger charge is 2.01. The summed E-state index contributed by atoms with van der Waals surface area (Å²) in [4.78, 5) is 4.25. The van der Waals surface area contributed by atoms with E-state index in [1.165, 1.54) is 0 Å². The fourth-order valence-corrected chi connectivity index (χ4v) is 1.45. The van der Waals surface area contributed by atoms with Gasteiger partial charge in [0.25, 0.3) is 0 Å². The molecule has 1 aromatic heterocycles. The van der Waals surface area contributed by atoms with E-state index in [9.17, 15) is 0 Å². The average molecular weight is 176 g/mol. The highest BCUT2D eigenvalue weighted by atomic mass is 16.3. The Bertz CT molecular complexity index is 420. The van der Waals surface area contributed by atoms with Crippen LogP contribution in [0.3, 0.4) is 0 Å². The van der Waals surface area contributed by atoms with E-state index in [-0.39, 0.29) is 6.61 Å². The Morgan fingerprint density at radius 2 is 2.31 bits per heavy atom. The van der Waals surface area contributed by atoms with Gasteiger partial charge in [-0.2, -0.15) is 0 Å². The van der Waals surface area contributed by atoms with Crippen molar-refractivity contribution >= 4 is 11.0 Å². The number of benzene rings is 1. The molecule has 1 aromatic carbocycles. The number of rotatable bonds is 2. The van der Waals surface area contributed by atoms with E-state index in [0.29, 0.717) is 0 Å². The zero-order chi connectivity index (χ0) is 9.26. The molecule has 1 N–H and O–H groups in total. The fraction of sp³-hybridized carbons (Fsp3) is 0.300. The molecule has 1 heterocycles. The molecule has 0 spiro atoms. The standard InChI is InChI=1S/C10H12N2O/c1-2-12-7-11-9-4-3-8(6-13)5-10(9)12/h3-5,7,13H,2,6H2,1H3. The summed E-state index contributed by atoms with van der Waals surface area (Å²) >= 11 is 0. The number of aliphatic hydroxyl groups excluding tert-OH is 1. The van der Waals surface area contributed by atoms with Gasteiger partial charge in [-0.1, -0.05) is 6.07 Å². The van der Waals surface area contributed by atoms with Gasteiger partial charge in [-0.25, -0.2) is 4.98 Å². The summed E-state index contributed by atoms with van der Waals surface area (Å²) in [5, 5.41) is 8.97.